The van der Waals surface area contributed by atoms with E-state index in [0.717, 1.165) is 6.07 Å². The van der Waals surface area contributed by atoms with Gasteiger partial charge in [0.2, 0.25) is 0 Å². The molecule has 9 heteroatoms. The zero-order valence-corrected chi connectivity index (χ0v) is 18.0. The van der Waals surface area contributed by atoms with Gasteiger partial charge in [0.15, 0.2) is 0 Å². The number of nitrogens with one attached hydrogen (secondary N) is 2. The molecule has 0 radical (unpaired) electrons. The first-order valence-electron chi connectivity index (χ1n) is 9.58. The van der Waals surface area contributed by atoms with E-state index in [2.05, 4.69) is 23.9 Å². The van der Waals surface area contributed by atoms with E-state index in [0.29, 0.717) is 42.4 Å². The number of nitrogens with zero attached hydrogens (tertiary/aromatic N) is 1. The summed E-state index contributed by atoms with van der Waals surface area (Å²) in [5.41, 5.74) is 1.38. The van der Waals surface area contributed by atoms with Gasteiger partial charge in [0.1, 0.15) is 11.6 Å². The third-order valence-electron chi connectivity index (χ3n) is 4.21. The quantitative estimate of drug-likeness (QED) is 0.492. The Kier molecular flexibility index (Phi) is 8.88. The molecule has 0 aliphatic carbocycles. The van der Waals surface area contributed by atoms with Gasteiger partial charge in [-0.2, -0.15) is 0 Å². The maximum atomic E-state index is 13.5. The van der Waals surface area contributed by atoms with Gasteiger partial charge in [-0.3, -0.25) is 19.0 Å². The minimum atomic E-state index is -2.18. The van der Waals surface area contributed by atoms with Crippen molar-refractivity contribution in [1.82, 2.24) is 10.2 Å². The maximum Gasteiger partial charge on any atom is 0.259 e. The van der Waals surface area contributed by atoms with E-state index in [-0.39, 0.29) is 11.9 Å². The minimum absolute atomic E-state index is 0.211. The van der Waals surface area contributed by atoms with Crippen LogP contribution in [0.4, 0.5) is 14.5 Å². The first-order valence-corrected chi connectivity index (χ1v) is 10.7. The lowest BCUT2D eigenvalue weighted by molar-refractivity contribution is 0.0926. The summed E-state index contributed by atoms with van der Waals surface area (Å²) in [5, 5.41) is 2.91. The van der Waals surface area contributed by atoms with Crippen LogP contribution in [0.15, 0.2) is 42.5 Å². The molecule has 164 valence electrons. The summed E-state index contributed by atoms with van der Waals surface area (Å²) >= 11 is -2.18. The minimum Gasteiger partial charge on any atom is -0.348 e. The molecule has 3 N–H and O–H groups in total. The summed E-state index contributed by atoms with van der Waals surface area (Å²) in [6, 6.07) is 9.45. The number of hydrogen-bond donors (Lipinski definition) is 3. The Bertz CT molecular complexity index is 858. The van der Waals surface area contributed by atoms with Gasteiger partial charge in [-0.05, 0) is 54.8 Å². The van der Waals surface area contributed by atoms with E-state index < -0.39 is 22.9 Å². The molecule has 1 amide bonds. The Morgan fingerprint density at radius 2 is 1.67 bits per heavy atom. The van der Waals surface area contributed by atoms with Crippen LogP contribution in [-0.4, -0.2) is 38.7 Å². The molecule has 0 aliphatic rings. The predicted octanol–water partition coefficient (Wildman–Crippen LogP) is 3.79. The van der Waals surface area contributed by atoms with Crippen LogP contribution in [0.2, 0.25) is 0 Å². The van der Waals surface area contributed by atoms with Crippen molar-refractivity contribution in [2.75, 3.05) is 17.8 Å². The van der Waals surface area contributed by atoms with Gasteiger partial charge in [0.05, 0.1) is 0 Å². The number of anilines is 1. The van der Waals surface area contributed by atoms with Crippen LogP contribution in [0.1, 0.15) is 36.7 Å². The summed E-state index contributed by atoms with van der Waals surface area (Å²) in [6.45, 7) is 7.55. The Labute approximate surface area is 178 Å². The molecule has 0 saturated heterocycles. The number of carbonyl (C=O) groups is 1. The first-order chi connectivity index (χ1) is 14.1. The molecular formula is C21H27F2N3O3S. The van der Waals surface area contributed by atoms with Crippen molar-refractivity contribution in [2.45, 2.75) is 33.4 Å². The molecule has 0 bridgehead atoms. The fraction of sp³-hybridized carbons (Fsp3) is 0.381. The fourth-order valence-corrected chi connectivity index (χ4v) is 3.55. The van der Waals surface area contributed by atoms with E-state index in [1.54, 1.807) is 12.1 Å². The van der Waals surface area contributed by atoms with Gasteiger partial charge in [0.25, 0.3) is 17.2 Å². The van der Waals surface area contributed by atoms with Crippen LogP contribution >= 0.6 is 0 Å². The van der Waals surface area contributed by atoms with Gasteiger partial charge in [-0.15, -0.1) is 0 Å². The molecule has 0 saturated carbocycles. The normalized spacial score (nSPS) is 13.3. The SMILES string of the molecule is CC(C)CN(Cc1cc(F)cc(F)c1)CC(C)NC(=O)c1ccc(NS(=O)O)cc1. The Morgan fingerprint density at radius 1 is 1.07 bits per heavy atom. The first kappa shape index (κ1) is 23.9. The Hall–Kier alpha value is -2.36. The highest BCUT2D eigenvalue weighted by atomic mass is 32.2. The third kappa shape index (κ3) is 8.17. The molecule has 2 rings (SSSR count). The van der Waals surface area contributed by atoms with Gasteiger partial charge >= 0.3 is 0 Å². The average molecular weight is 440 g/mol. The van der Waals surface area contributed by atoms with E-state index >= 15 is 0 Å². The zero-order valence-electron chi connectivity index (χ0n) is 17.2. The molecule has 2 aromatic rings. The summed E-state index contributed by atoms with van der Waals surface area (Å²) in [4.78, 5) is 14.5. The van der Waals surface area contributed by atoms with Crippen molar-refractivity contribution >= 4 is 22.9 Å². The second-order valence-corrected chi connectivity index (χ2v) is 8.37. The lowest BCUT2D eigenvalue weighted by Gasteiger charge is -2.28. The van der Waals surface area contributed by atoms with Crippen LogP contribution in [0.5, 0.6) is 0 Å². The van der Waals surface area contributed by atoms with Crippen LogP contribution < -0.4 is 10.0 Å². The van der Waals surface area contributed by atoms with Crippen molar-refractivity contribution in [3.63, 3.8) is 0 Å². The smallest absolute Gasteiger partial charge is 0.259 e. The van der Waals surface area contributed by atoms with Crippen LogP contribution in [0.25, 0.3) is 0 Å². The van der Waals surface area contributed by atoms with Crippen molar-refractivity contribution < 1.29 is 22.3 Å². The Morgan fingerprint density at radius 3 is 2.20 bits per heavy atom. The van der Waals surface area contributed by atoms with Crippen molar-refractivity contribution in [3.8, 4) is 0 Å². The standard InChI is InChI=1S/C21H27F2N3O3S/c1-14(2)11-26(13-16-8-18(22)10-19(23)9-16)12-15(3)24-21(27)17-4-6-20(7-5-17)25-30(28)29/h4-10,14-15,25H,11-13H2,1-3H3,(H,24,27)(H,28,29). The van der Waals surface area contributed by atoms with E-state index in [9.17, 15) is 17.8 Å². The Balaban J connectivity index is 1.99. The number of halogens is 2. The van der Waals surface area contributed by atoms with Crippen molar-refractivity contribution in [3.05, 3.63) is 65.2 Å². The molecular weight excluding hydrogens is 412 g/mol. The average Bonchev–Trinajstić information content (AvgIpc) is 2.60. The molecule has 0 heterocycles. The van der Waals surface area contributed by atoms with E-state index in [4.69, 9.17) is 4.55 Å². The number of rotatable bonds is 10. The molecule has 0 aromatic heterocycles. The second kappa shape index (κ2) is 11.1. The van der Waals surface area contributed by atoms with E-state index in [1.807, 2.05) is 11.8 Å². The van der Waals surface area contributed by atoms with Crippen molar-refractivity contribution in [2.24, 2.45) is 5.92 Å². The highest BCUT2D eigenvalue weighted by molar-refractivity contribution is 7.80. The zero-order chi connectivity index (χ0) is 22.3. The van der Waals surface area contributed by atoms with Crippen LogP contribution in [0, 0.1) is 17.6 Å². The van der Waals surface area contributed by atoms with Crippen molar-refractivity contribution in [1.29, 1.82) is 0 Å². The summed E-state index contributed by atoms with van der Waals surface area (Å²) < 4.78 is 48.9. The highest BCUT2D eigenvalue weighted by Gasteiger charge is 2.16. The largest absolute Gasteiger partial charge is 0.348 e. The summed E-state index contributed by atoms with van der Waals surface area (Å²) in [7, 11) is 0. The van der Waals surface area contributed by atoms with Crippen LogP contribution in [-0.2, 0) is 17.8 Å². The molecule has 0 aliphatic heterocycles. The molecule has 30 heavy (non-hydrogen) atoms. The van der Waals surface area contributed by atoms with E-state index in [1.165, 1.54) is 24.3 Å². The molecule has 2 atom stereocenters. The number of benzene rings is 2. The van der Waals surface area contributed by atoms with Gasteiger partial charge < -0.3 is 5.32 Å². The highest BCUT2D eigenvalue weighted by Crippen LogP contribution is 2.13. The van der Waals surface area contributed by atoms with Crippen LogP contribution in [0.3, 0.4) is 0 Å². The lowest BCUT2D eigenvalue weighted by atomic mass is 10.1. The maximum absolute atomic E-state index is 13.5. The van der Waals surface area contributed by atoms with Gasteiger partial charge in [0, 0.05) is 43.0 Å². The molecule has 2 aromatic carbocycles. The second-order valence-electron chi connectivity index (χ2n) is 7.67. The molecule has 2 unspecified atom stereocenters. The monoisotopic (exact) mass is 439 g/mol. The summed E-state index contributed by atoms with van der Waals surface area (Å²) in [5.74, 6) is -1.17. The number of carbonyl (C=O) groups excluding carboxylic acids is 1. The summed E-state index contributed by atoms with van der Waals surface area (Å²) in [6.07, 6.45) is 0. The number of amides is 1. The molecule has 0 fully saturated rings. The third-order valence-corrected chi connectivity index (χ3v) is 4.62. The van der Waals surface area contributed by atoms with Gasteiger partial charge in [-0.25, -0.2) is 13.0 Å². The molecule has 0 spiro atoms. The fourth-order valence-electron chi connectivity index (χ4n) is 3.21. The lowest BCUT2D eigenvalue weighted by Crippen LogP contribution is -2.42. The number of hydrogen-bond acceptors (Lipinski definition) is 3. The van der Waals surface area contributed by atoms with Gasteiger partial charge in [-0.1, -0.05) is 13.8 Å². The predicted molar refractivity (Wildman–Crippen MR) is 114 cm³/mol. The topological polar surface area (TPSA) is 81.7 Å². The molecule has 6 nitrogen and oxygen atoms in total.